The van der Waals surface area contributed by atoms with Gasteiger partial charge in [0.25, 0.3) is 0 Å². The zero-order valence-electron chi connectivity index (χ0n) is 18.3. The summed E-state index contributed by atoms with van der Waals surface area (Å²) in [5.41, 5.74) is 0.153. The summed E-state index contributed by atoms with van der Waals surface area (Å²) in [7, 11) is -0.959. The van der Waals surface area contributed by atoms with Gasteiger partial charge in [-0.25, -0.2) is 0 Å². The summed E-state index contributed by atoms with van der Waals surface area (Å²) in [5, 5.41) is 0. The van der Waals surface area contributed by atoms with Crippen molar-refractivity contribution in [3.63, 3.8) is 0 Å². The molecule has 0 amide bonds. The van der Waals surface area contributed by atoms with E-state index in [-0.39, 0.29) is 49.5 Å². The minimum Gasteiger partial charge on any atom is -0.662 e. The maximum Gasteiger partial charge on any atom is 4.00 e. The molecule has 0 aromatic rings. The van der Waals surface area contributed by atoms with Gasteiger partial charge in [0.2, 0.25) is 0 Å². The van der Waals surface area contributed by atoms with Crippen molar-refractivity contribution in [3.8, 4) is 0 Å². The van der Waals surface area contributed by atoms with Gasteiger partial charge < -0.3 is 27.3 Å². The quantitative estimate of drug-likeness (QED) is 0.429. The molecule has 0 bridgehead atoms. The van der Waals surface area contributed by atoms with Gasteiger partial charge in [-0.15, -0.1) is 5.54 Å². The van der Waals surface area contributed by atoms with Crippen LogP contribution in [-0.2, 0) is 21.7 Å². The van der Waals surface area contributed by atoms with E-state index >= 15 is 0 Å². The Hall–Kier alpha value is 0.331. The molecule has 0 aromatic carbocycles. The van der Waals surface area contributed by atoms with Crippen molar-refractivity contribution in [2.24, 2.45) is 17.8 Å². The van der Waals surface area contributed by atoms with Crippen LogP contribution in [0.15, 0.2) is 24.3 Å². The van der Waals surface area contributed by atoms with Crippen LogP contribution in [0.3, 0.4) is 0 Å². The molecule has 0 N–H and O–H groups in total. The van der Waals surface area contributed by atoms with E-state index in [0.29, 0.717) is 0 Å². The molecule has 3 aliphatic rings. The van der Waals surface area contributed by atoms with Gasteiger partial charge >= 0.3 is 21.7 Å². The van der Waals surface area contributed by atoms with Crippen molar-refractivity contribution in [2.45, 2.75) is 64.2 Å². The van der Waals surface area contributed by atoms with E-state index in [2.05, 4.69) is 56.5 Å². The molecule has 26 heavy (non-hydrogen) atoms. The second-order valence-electron chi connectivity index (χ2n) is 8.62. The molecule has 1 saturated carbocycles. The van der Waals surface area contributed by atoms with Crippen molar-refractivity contribution in [2.75, 3.05) is 13.1 Å². The van der Waals surface area contributed by atoms with Crippen LogP contribution in [0.25, 0.3) is 4.98 Å². The summed E-state index contributed by atoms with van der Waals surface area (Å²) in [4.78, 5) is 7.90. The predicted octanol–water partition coefficient (Wildman–Crippen LogP) is 5.70. The summed E-state index contributed by atoms with van der Waals surface area (Å²) >= 11 is 0. The Labute approximate surface area is 181 Å². The molecule has 0 spiro atoms. The summed E-state index contributed by atoms with van der Waals surface area (Å²) in [6.07, 6.45) is 13.8. The van der Waals surface area contributed by atoms with E-state index in [4.69, 9.17) is 4.98 Å². The molecule has 5 atom stereocenters. The minimum absolute atomic E-state index is 0. The van der Waals surface area contributed by atoms with Crippen LogP contribution in [0.5, 0.6) is 0 Å². The van der Waals surface area contributed by atoms with Crippen LogP contribution in [0.1, 0.15) is 40.0 Å². The molecule has 2 aliphatic carbocycles. The Morgan fingerprint density at radius 1 is 1.00 bits per heavy atom. The summed E-state index contributed by atoms with van der Waals surface area (Å²) in [5.74, 6) is 2.41. The summed E-state index contributed by atoms with van der Waals surface area (Å²) in [6.45, 7) is 11.9. The number of allylic oxidation sites excluding steroid dienone is 3. The smallest absolute Gasteiger partial charge is 0.662 e. The summed E-state index contributed by atoms with van der Waals surface area (Å²) in [6, 6.07) is 2.19. The van der Waals surface area contributed by atoms with E-state index < -0.39 is 8.96 Å². The number of hydrogen-bond donors (Lipinski definition) is 0. The zero-order chi connectivity index (χ0) is 15.7. The monoisotopic (exact) mass is 410 g/mol. The number of likely N-dealkylation sites (tertiary alicyclic amines) is 1. The third-order valence-corrected chi connectivity index (χ3v) is 8.12. The Balaban J connectivity index is 0. The topological polar surface area (TPSA) is 17.3 Å². The van der Waals surface area contributed by atoms with Gasteiger partial charge in [0, 0.05) is 6.04 Å². The third kappa shape index (κ3) is 7.05. The molecule has 2 nitrogen and oxygen atoms in total. The average molecular weight is 411 g/mol. The first-order valence-electron chi connectivity index (χ1n) is 9.25. The molecule has 148 valence electrons. The second-order valence-corrected chi connectivity index (χ2v) is 11.0. The van der Waals surface area contributed by atoms with Crippen LogP contribution >= 0.6 is 0 Å². The fraction of sp³-hybridized carbons (Fsp3) is 0.682. The number of fused-ring (bicyclic) bond motifs is 1. The molecular weight excluding hydrogens is 368 g/mol. The van der Waals surface area contributed by atoms with Crippen molar-refractivity contribution in [1.29, 1.82) is 0 Å². The molecule has 3 rings (SSSR count). The standard InChI is InChI=1S/C19H33N2Si.3CH3.Ti/c1-19(2,3)20-22(4)14-15-13-18(21-11-7-8-12-21)17-10-6-5-9-16(15)17;;;;/h5-6,9-10,15-18,22H,7-8,11-14H2,1-4H3;3*1H3;/q4*-1;+4. The largest absolute Gasteiger partial charge is 4.00 e. The van der Waals surface area contributed by atoms with Gasteiger partial charge in [0.1, 0.15) is 0 Å². The molecule has 1 saturated heterocycles. The Morgan fingerprint density at radius 3 is 2.08 bits per heavy atom. The molecule has 2 fully saturated rings. The first kappa shape index (κ1) is 28.5. The number of nitrogens with zero attached hydrogens (tertiary/aromatic N) is 2. The van der Waals surface area contributed by atoms with Gasteiger partial charge in [-0.2, -0.15) is 0 Å². The van der Waals surface area contributed by atoms with Gasteiger partial charge in [0.05, 0.1) is 0 Å². The third-order valence-electron chi connectivity index (χ3n) is 5.62. The van der Waals surface area contributed by atoms with Crippen LogP contribution in [0.2, 0.25) is 12.6 Å². The Bertz CT molecular complexity index is 438. The summed E-state index contributed by atoms with van der Waals surface area (Å²) < 4.78 is 0. The van der Waals surface area contributed by atoms with Gasteiger partial charge in [-0.3, -0.25) is 4.90 Å². The molecule has 0 aromatic heterocycles. The van der Waals surface area contributed by atoms with Crippen molar-refractivity contribution in [3.05, 3.63) is 51.6 Å². The predicted molar refractivity (Wildman–Crippen MR) is 118 cm³/mol. The fourth-order valence-corrected chi connectivity index (χ4v) is 7.80. The Morgan fingerprint density at radius 2 is 1.54 bits per heavy atom. The second kappa shape index (κ2) is 12.0. The molecule has 1 heterocycles. The molecular formula is C22H42N2SiTi. The molecule has 5 unspecified atom stereocenters. The van der Waals surface area contributed by atoms with Gasteiger partial charge in [0.15, 0.2) is 0 Å². The van der Waals surface area contributed by atoms with Gasteiger partial charge in [-0.05, 0) is 50.1 Å². The van der Waals surface area contributed by atoms with Crippen LogP contribution < -0.4 is 0 Å². The van der Waals surface area contributed by atoms with Crippen molar-refractivity contribution >= 4 is 8.96 Å². The van der Waals surface area contributed by atoms with E-state index in [1.807, 2.05) is 0 Å². The van der Waals surface area contributed by atoms with E-state index in [0.717, 1.165) is 23.8 Å². The van der Waals surface area contributed by atoms with Gasteiger partial charge in [-0.1, -0.05) is 66.6 Å². The SMILES string of the molecule is C[SiH](CC1CC(N2CCCC2)C2C=CC=CC12)[N-]C(C)(C)C.[CH3-].[CH3-].[CH3-].[Ti+4]. The van der Waals surface area contributed by atoms with E-state index in [1.165, 1.54) is 38.4 Å². The van der Waals surface area contributed by atoms with Crippen LogP contribution in [0.4, 0.5) is 0 Å². The van der Waals surface area contributed by atoms with Crippen molar-refractivity contribution in [1.82, 2.24) is 4.90 Å². The first-order valence-corrected chi connectivity index (χ1v) is 11.7. The number of hydrogen-bond acceptors (Lipinski definition) is 1. The van der Waals surface area contributed by atoms with Crippen LogP contribution in [0, 0.1) is 40.0 Å². The Kier molecular flexibility index (Phi) is 13.2. The molecule has 4 heteroatoms. The van der Waals surface area contributed by atoms with Crippen molar-refractivity contribution < 1.29 is 21.7 Å². The maximum atomic E-state index is 5.12. The van der Waals surface area contributed by atoms with E-state index in [9.17, 15) is 0 Å². The molecule has 1 aliphatic heterocycles. The molecule has 0 radical (unpaired) electrons. The fourth-order valence-electron chi connectivity index (χ4n) is 4.99. The van der Waals surface area contributed by atoms with E-state index in [1.54, 1.807) is 0 Å². The van der Waals surface area contributed by atoms with Crippen LogP contribution in [-0.4, -0.2) is 38.5 Å². The normalized spacial score (nSPS) is 31.1. The minimum atomic E-state index is -0.959. The zero-order valence-corrected chi connectivity index (χ0v) is 21.0. The first-order chi connectivity index (χ1) is 10.4. The average Bonchev–Trinajstić information content (AvgIpc) is 3.05. The number of rotatable bonds is 4. The maximum absolute atomic E-state index is 5.12.